The molecule has 66 valence electrons. The van der Waals surface area contributed by atoms with Gasteiger partial charge in [-0.3, -0.25) is 4.79 Å². The number of pyridine rings is 1. The van der Waals surface area contributed by atoms with Crippen molar-refractivity contribution in [3.8, 4) is 0 Å². The van der Waals surface area contributed by atoms with E-state index in [9.17, 15) is 4.79 Å². The summed E-state index contributed by atoms with van der Waals surface area (Å²) in [5.41, 5.74) is 1.15. The molecule has 1 N–H and O–H groups in total. The van der Waals surface area contributed by atoms with Crippen LogP contribution >= 0.6 is 0 Å². The van der Waals surface area contributed by atoms with E-state index in [4.69, 9.17) is 0 Å². The summed E-state index contributed by atoms with van der Waals surface area (Å²) < 4.78 is 0. The zero-order valence-corrected chi connectivity index (χ0v) is 7.47. The van der Waals surface area contributed by atoms with Crippen molar-refractivity contribution >= 4 is 0 Å². The third kappa shape index (κ3) is 2.91. The fourth-order valence-corrected chi connectivity index (χ4v) is 1.20. The minimum Gasteiger partial charge on any atom is -0.365 e. The lowest BCUT2D eigenvalue weighted by atomic mass is 10.1. The van der Waals surface area contributed by atoms with Crippen molar-refractivity contribution in [1.29, 1.82) is 0 Å². The summed E-state index contributed by atoms with van der Waals surface area (Å²) in [5.74, 6) is 0. The predicted molar refractivity (Wildman–Crippen MR) is 50.3 cm³/mol. The van der Waals surface area contributed by atoms with Crippen LogP contribution in [-0.2, 0) is 6.42 Å². The lowest BCUT2D eigenvalue weighted by Gasteiger charge is -1.98. The highest BCUT2D eigenvalue weighted by molar-refractivity contribution is 5.03. The maximum absolute atomic E-state index is 10.9. The minimum absolute atomic E-state index is 0.0975. The lowest BCUT2D eigenvalue weighted by molar-refractivity contribution is 0.707. The van der Waals surface area contributed by atoms with Crippen molar-refractivity contribution in [3.05, 3.63) is 34.2 Å². The summed E-state index contributed by atoms with van der Waals surface area (Å²) in [6.07, 6.45) is 6.32. The number of aryl methyl sites for hydroxylation is 1. The van der Waals surface area contributed by atoms with Crippen LogP contribution in [0, 0.1) is 0 Å². The molecule has 1 rings (SSSR count). The van der Waals surface area contributed by atoms with Gasteiger partial charge in [-0.1, -0.05) is 19.8 Å². The summed E-state index contributed by atoms with van der Waals surface area (Å²) in [5, 5.41) is 0. The minimum atomic E-state index is 0.0975. The molecule has 0 unspecified atom stereocenters. The Bertz CT molecular complexity index is 277. The van der Waals surface area contributed by atoms with Gasteiger partial charge in [0.2, 0.25) is 0 Å². The lowest BCUT2D eigenvalue weighted by Crippen LogP contribution is -2.00. The molecule has 0 aliphatic heterocycles. The summed E-state index contributed by atoms with van der Waals surface area (Å²) in [6, 6.07) is 3.22. The molecule has 0 aliphatic carbocycles. The number of hydrogen-bond acceptors (Lipinski definition) is 1. The molecule has 0 radical (unpaired) electrons. The largest absolute Gasteiger partial charge is 0.365 e. The van der Waals surface area contributed by atoms with Gasteiger partial charge in [-0.2, -0.15) is 0 Å². The highest BCUT2D eigenvalue weighted by atomic mass is 16.1. The van der Waals surface area contributed by atoms with E-state index in [0.717, 1.165) is 18.5 Å². The van der Waals surface area contributed by atoms with Gasteiger partial charge in [-0.25, -0.2) is 0 Å². The van der Waals surface area contributed by atoms with Crippen molar-refractivity contribution in [3.63, 3.8) is 0 Å². The molecule has 0 fully saturated rings. The number of aromatic nitrogens is 1. The molecule has 12 heavy (non-hydrogen) atoms. The molecule has 1 heterocycles. The van der Waals surface area contributed by atoms with Gasteiger partial charge in [0.1, 0.15) is 0 Å². The average molecular weight is 165 g/mol. The first-order chi connectivity index (χ1) is 5.83. The number of rotatable bonds is 4. The number of nitrogens with one attached hydrogen (secondary N) is 1. The van der Waals surface area contributed by atoms with E-state index < -0.39 is 0 Å². The molecule has 0 aliphatic rings. The molecule has 0 bridgehead atoms. The van der Waals surface area contributed by atoms with Crippen LogP contribution in [0.2, 0.25) is 0 Å². The van der Waals surface area contributed by atoms with E-state index in [2.05, 4.69) is 11.9 Å². The number of H-pyrrole nitrogens is 1. The van der Waals surface area contributed by atoms with Gasteiger partial charge in [0, 0.05) is 24.0 Å². The average Bonchev–Trinajstić information content (AvgIpc) is 2.05. The zero-order chi connectivity index (χ0) is 8.81. The topological polar surface area (TPSA) is 32.9 Å². The molecule has 0 amide bonds. The molecular weight excluding hydrogens is 150 g/mol. The summed E-state index contributed by atoms with van der Waals surface area (Å²) >= 11 is 0. The van der Waals surface area contributed by atoms with Crippen molar-refractivity contribution < 1.29 is 0 Å². The van der Waals surface area contributed by atoms with Gasteiger partial charge in [0.25, 0.3) is 0 Å². The van der Waals surface area contributed by atoms with Crippen LogP contribution in [0.1, 0.15) is 31.9 Å². The van der Waals surface area contributed by atoms with Crippen LogP contribution in [0.3, 0.4) is 0 Å². The van der Waals surface area contributed by atoms with Gasteiger partial charge in [-0.05, 0) is 12.8 Å². The normalized spacial score (nSPS) is 10.1. The van der Waals surface area contributed by atoms with Gasteiger partial charge in [0.05, 0.1) is 0 Å². The van der Waals surface area contributed by atoms with Crippen LogP contribution in [0.25, 0.3) is 0 Å². The summed E-state index contributed by atoms with van der Waals surface area (Å²) in [6.45, 7) is 2.17. The van der Waals surface area contributed by atoms with Crippen molar-refractivity contribution in [2.75, 3.05) is 0 Å². The Hall–Kier alpha value is -1.05. The number of unbranched alkanes of at least 4 members (excludes halogenated alkanes) is 2. The first kappa shape index (κ1) is 9.04. The predicted octanol–water partition coefficient (Wildman–Crippen LogP) is 2.11. The van der Waals surface area contributed by atoms with Crippen LogP contribution in [0.4, 0.5) is 0 Å². The molecule has 1 aromatic rings. The van der Waals surface area contributed by atoms with E-state index in [1.165, 1.54) is 12.8 Å². The molecular formula is C10H15NO. The Balaban J connectivity index is 2.47. The highest BCUT2D eigenvalue weighted by Gasteiger charge is 1.92. The van der Waals surface area contributed by atoms with E-state index in [1.54, 1.807) is 18.3 Å². The highest BCUT2D eigenvalue weighted by Crippen LogP contribution is 2.00. The second-order valence-electron chi connectivity index (χ2n) is 3.01. The first-order valence-corrected chi connectivity index (χ1v) is 4.50. The maximum Gasteiger partial charge on any atom is 0.181 e. The Morgan fingerprint density at radius 3 is 2.92 bits per heavy atom. The van der Waals surface area contributed by atoms with E-state index in [-0.39, 0.29) is 5.43 Å². The SMILES string of the molecule is CCCCCc1cc(=O)cc[nH]1. The van der Waals surface area contributed by atoms with Crippen LogP contribution in [0.15, 0.2) is 23.1 Å². The summed E-state index contributed by atoms with van der Waals surface area (Å²) in [4.78, 5) is 14.0. The molecule has 0 aromatic carbocycles. The maximum atomic E-state index is 10.9. The fourth-order valence-electron chi connectivity index (χ4n) is 1.20. The van der Waals surface area contributed by atoms with Crippen LogP contribution in [0.5, 0.6) is 0 Å². The Morgan fingerprint density at radius 1 is 1.42 bits per heavy atom. The molecule has 2 nitrogen and oxygen atoms in total. The molecule has 2 heteroatoms. The molecule has 0 spiro atoms. The molecule has 1 aromatic heterocycles. The smallest absolute Gasteiger partial charge is 0.181 e. The Kier molecular flexibility index (Phi) is 3.58. The standard InChI is InChI=1S/C10H15NO/c1-2-3-4-5-9-8-10(12)6-7-11-9/h6-8H,2-5H2,1H3,(H,11,12). The van der Waals surface area contributed by atoms with Gasteiger partial charge in [-0.15, -0.1) is 0 Å². The van der Waals surface area contributed by atoms with Crippen molar-refractivity contribution in [1.82, 2.24) is 4.98 Å². The molecule has 0 atom stereocenters. The fraction of sp³-hybridized carbons (Fsp3) is 0.500. The van der Waals surface area contributed by atoms with Crippen molar-refractivity contribution in [2.24, 2.45) is 0 Å². The van der Waals surface area contributed by atoms with Gasteiger partial charge in [0.15, 0.2) is 5.43 Å². The van der Waals surface area contributed by atoms with E-state index in [0.29, 0.717) is 0 Å². The first-order valence-electron chi connectivity index (χ1n) is 4.50. The van der Waals surface area contributed by atoms with Crippen LogP contribution < -0.4 is 5.43 Å². The second kappa shape index (κ2) is 4.75. The zero-order valence-electron chi connectivity index (χ0n) is 7.47. The second-order valence-corrected chi connectivity index (χ2v) is 3.01. The van der Waals surface area contributed by atoms with Gasteiger partial charge >= 0.3 is 0 Å². The molecule has 0 saturated heterocycles. The molecule has 0 saturated carbocycles. The van der Waals surface area contributed by atoms with Crippen molar-refractivity contribution in [2.45, 2.75) is 32.6 Å². The quantitative estimate of drug-likeness (QED) is 0.681. The van der Waals surface area contributed by atoms with E-state index >= 15 is 0 Å². The number of aromatic amines is 1. The van der Waals surface area contributed by atoms with Gasteiger partial charge < -0.3 is 4.98 Å². The van der Waals surface area contributed by atoms with Crippen LogP contribution in [-0.4, -0.2) is 4.98 Å². The Labute approximate surface area is 72.6 Å². The third-order valence-corrected chi connectivity index (χ3v) is 1.88. The monoisotopic (exact) mass is 165 g/mol. The summed E-state index contributed by atoms with van der Waals surface area (Å²) in [7, 11) is 0. The van der Waals surface area contributed by atoms with E-state index in [1.807, 2.05) is 0 Å². The number of hydrogen-bond donors (Lipinski definition) is 1. The third-order valence-electron chi connectivity index (χ3n) is 1.88. The Morgan fingerprint density at radius 2 is 2.25 bits per heavy atom.